The molecule has 6 heterocycles. The molecule has 6 aliphatic rings. The third-order valence-corrected chi connectivity index (χ3v) is 22.8. The van der Waals surface area contributed by atoms with Crippen molar-refractivity contribution in [3.8, 4) is 0 Å². The molecule has 0 aliphatic carbocycles. The Hall–Kier alpha value is 0.475. The van der Waals surface area contributed by atoms with Crippen LogP contribution in [-0.4, -0.2) is 75.5 Å². The van der Waals surface area contributed by atoms with E-state index in [9.17, 15) is 0 Å². The second-order valence-electron chi connectivity index (χ2n) is 5.71. The molecule has 12 nitrogen and oxygen atoms in total. The molecule has 1 aromatic rings. The molecular formula is C8H9O12Si8. The van der Waals surface area contributed by atoms with E-state index in [1.165, 1.54) is 0 Å². The average Bonchev–Trinajstić information content (AvgIpc) is 2.57. The van der Waals surface area contributed by atoms with Gasteiger partial charge in [0.15, 0.2) is 0 Å². The third kappa shape index (κ3) is 3.56. The molecule has 6 saturated heterocycles. The van der Waals surface area contributed by atoms with Gasteiger partial charge in [-0.2, -0.15) is 0 Å². The standard InChI is InChI=1S/C8H9O12Si8/c1-7(8-5-3-2-4-6-8)28-18-25-12-22-9-21-10-23(14-25)16-27(20-28)17-24(11-21)15-26(13-22)19-28/h2-7H,1H3. The fourth-order valence-electron chi connectivity index (χ4n) is 2.67. The maximum absolute atomic E-state index is 6.31. The van der Waals surface area contributed by atoms with Crippen molar-refractivity contribution in [2.45, 2.75) is 12.5 Å². The summed E-state index contributed by atoms with van der Waals surface area (Å²) in [7, 11) is -19.8. The second-order valence-corrected chi connectivity index (χ2v) is 21.1. The number of benzene rings is 1. The Kier molecular flexibility index (Phi) is 5.18. The van der Waals surface area contributed by atoms with Gasteiger partial charge in [0.25, 0.3) is 0 Å². The van der Waals surface area contributed by atoms with E-state index in [1.807, 2.05) is 37.3 Å². The molecule has 7 rings (SSSR count). The lowest BCUT2D eigenvalue weighted by Crippen LogP contribution is -2.73. The first-order valence-corrected chi connectivity index (χ1v) is 18.3. The summed E-state index contributed by atoms with van der Waals surface area (Å²) in [6, 6.07) is 9.74. The minimum Gasteiger partial charge on any atom is -0.371 e. The van der Waals surface area contributed by atoms with Crippen LogP contribution in [0.25, 0.3) is 0 Å². The topological polar surface area (TPSA) is 111 Å². The number of hydrogen-bond acceptors (Lipinski definition) is 12. The highest BCUT2D eigenvalue weighted by atomic mass is 28.6. The van der Waals surface area contributed by atoms with Gasteiger partial charge in [0.1, 0.15) is 0 Å². The molecule has 0 aromatic heterocycles. The summed E-state index contributed by atoms with van der Waals surface area (Å²) in [4.78, 5) is 0. The van der Waals surface area contributed by atoms with Gasteiger partial charge in [0.05, 0.1) is 0 Å². The van der Waals surface area contributed by atoms with E-state index < -0.39 is 75.5 Å². The lowest BCUT2D eigenvalue weighted by atomic mass is 10.2. The van der Waals surface area contributed by atoms with Gasteiger partial charge in [-0.25, -0.2) is 0 Å². The van der Waals surface area contributed by atoms with Crippen molar-refractivity contribution in [3.63, 3.8) is 0 Å². The van der Waals surface area contributed by atoms with E-state index in [0.29, 0.717) is 0 Å². The SMILES string of the molecule is CC(c1ccccc1)[Si]12O[Si]3O[Si]4O[Si]5O[Si](O3)O[Si](O[Si](O5)O[Si](O4)O1)O2. The van der Waals surface area contributed by atoms with Crippen LogP contribution in [0.5, 0.6) is 0 Å². The van der Waals surface area contributed by atoms with Crippen LogP contribution in [-0.2, 0) is 49.4 Å². The molecule has 1 atom stereocenters. The Morgan fingerprint density at radius 2 is 0.929 bits per heavy atom. The zero-order valence-electron chi connectivity index (χ0n) is 13.9. The molecule has 0 N–H and O–H groups in total. The normalized spacial score (nSPS) is 31.3. The van der Waals surface area contributed by atoms with Crippen LogP contribution < -0.4 is 0 Å². The molecule has 7 radical (unpaired) electrons. The average molecular weight is 522 g/mol. The summed E-state index contributed by atoms with van der Waals surface area (Å²) >= 11 is 0. The van der Waals surface area contributed by atoms with E-state index in [1.54, 1.807) is 0 Å². The monoisotopic (exact) mass is 521 g/mol. The molecule has 20 heteroatoms. The molecule has 1 unspecified atom stereocenters. The number of hydrogen-bond donors (Lipinski definition) is 0. The van der Waals surface area contributed by atoms with E-state index >= 15 is 0 Å². The summed E-state index contributed by atoms with van der Waals surface area (Å²) in [5.74, 6) is 0. The molecule has 8 bridgehead atoms. The van der Waals surface area contributed by atoms with Gasteiger partial charge in [0.2, 0.25) is 0 Å². The highest BCUT2D eigenvalue weighted by molar-refractivity contribution is 6.87. The minimum atomic E-state index is -3.52. The van der Waals surface area contributed by atoms with Crippen molar-refractivity contribution < 1.29 is 49.4 Å². The molecule has 28 heavy (non-hydrogen) atoms. The van der Waals surface area contributed by atoms with Crippen molar-refractivity contribution >= 4 is 75.5 Å². The Balaban J connectivity index is 1.45. The molecule has 6 aliphatic heterocycles. The van der Waals surface area contributed by atoms with Crippen molar-refractivity contribution in [2.75, 3.05) is 0 Å². The highest BCUT2D eigenvalue weighted by Gasteiger charge is 2.67. The first-order valence-electron chi connectivity index (χ1n) is 7.96. The summed E-state index contributed by atoms with van der Waals surface area (Å²) in [5.41, 5.74) is 0.694. The van der Waals surface area contributed by atoms with Crippen molar-refractivity contribution in [1.82, 2.24) is 0 Å². The first kappa shape index (κ1) is 19.2. The van der Waals surface area contributed by atoms with Crippen molar-refractivity contribution in [2.24, 2.45) is 0 Å². The van der Waals surface area contributed by atoms with Crippen LogP contribution in [0.3, 0.4) is 0 Å². The minimum absolute atomic E-state index is 0.273. The van der Waals surface area contributed by atoms with Crippen LogP contribution in [0.2, 0.25) is 0 Å². The predicted octanol–water partition coefficient (Wildman–Crippen LogP) is -1.57. The summed E-state index contributed by atoms with van der Waals surface area (Å²) in [6.45, 7) is 1.96. The van der Waals surface area contributed by atoms with Crippen LogP contribution in [0.4, 0.5) is 0 Å². The van der Waals surface area contributed by atoms with Gasteiger partial charge in [-0.3, -0.25) is 0 Å². The summed E-state index contributed by atoms with van der Waals surface area (Å²) in [5, 5.41) is 0. The second kappa shape index (κ2) is 7.56. The van der Waals surface area contributed by atoms with E-state index in [0.717, 1.165) is 5.56 Å². The first-order chi connectivity index (χ1) is 13.6. The van der Waals surface area contributed by atoms with Crippen LogP contribution in [0.1, 0.15) is 18.0 Å². The van der Waals surface area contributed by atoms with Gasteiger partial charge in [-0.15, -0.1) is 0 Å². The van der Waals surface area contributed by atoms with E-state index in [-0.39, 0.29) is 5.54 Å². The van der Waals surface area contributed by atoms with Gasteiger partial charge >= 0.3 is 75.5 Å². The van der Waals surface area contributed by atoms with Crippen molar-refractivity contribution in [3.05, 3.63) is 35.9 Å². The maximum atomic E-state index is 6.31. The summed E-state index contributed by atoms with van der Waals surface area (Å²) < 4.78 is 71.6. The highest BCUT2D eigenvalue weighted by Crippen LogP contribution is 2.37. The largest absolute Gasteiger partial charge is 0.553 e. The zero-order chi connectivity index (χ0) is 18.7. The fraction of sp³-hybridized carbons (Fsp3) is 0.250. The summed E-state index contributed by atoms with van der Waals surface area (Å²) in [6.07, 6.45) is 0. The van der Waals surface area contributed by atoms with Gasteiger partial charge < -0.3 is 49.4 Å². The molecule has 6 fully saturated rings. The Morgan fingerprint density at radius 3 is 1.32 bits per heavy atom. The van der Waals surface area contributed by atoms with Crippen molar-refractivity contribution in [1.29, 1.82) is 0 Å². The fourth-order valence-corrected chi connectivity index (χ4v) is 26.1. The third-order valence-electron chi connectivity index (χ3n) is 4.01. The lowest BCUT2D eigenvalue weighted by Gasteiger charge is -2.46. The van der Waals surface area contributed by atoms with Gasteiger partial charge in [-0.05, 0) is 5.56 Å². The van der Waals surface area contributed by atoms with Gasteiger partial charge in [-0.1, -0.05) is 37.3 Å². The van der Waals surface area contributed by atoms with E-state index in [2.05, 4.69) is 0 Å². The molecule has 0 amide bonds. The Labute approximate surface area is 173 Å². The molecule has 0 saturated carbocycles. The Morgan fingerprint density at radius 1 is 0.571 bits per heavy atom. The lowest BCUT2D eigenvalue weighted by molar-refractivity contribution is 0.0279. The Bertz CT molecular complexity index is 655. The zero-order valence-corrected chi connectivity index (χ0v) is 21.9. The molecular weight excluding hydrogens is 513 g/mol. The van der Waals surface area contributed by atoms with Crippen LogP contribution >= 0.6 is 0 Å². The quantitative estimate of drug-likeness (QED) is 0.419. The van der Waals surface area contributed by atoms with Crippen LogP contribution in [0, 0.1) is 0 Å². The smallest absolute Gasteiger partial charge is 0.371 e. The molecule has 1 aromatic carbocycles. The molecule has 145 valence electrons. The number of rotatable bonds is 2. The van der Waals surface area contributed by atoms with Crippen LogP contribution in [0.15, 0.2) is 30.3 Å². The maximum Gasteiger partial charge on any atom is 0.553 e. The van der Waals surface area contributed by atoms with Gasteiger partial charge in [0, 0.05) is 5.54 Å². The molecule has 0 spiro atoms. The predicted molar refractivity (Wildman–Crippen MR) is 93.9 cm³/mol. The van der Waals surface area contributed by atoms with E-state index in [4.69, 9.17) is 49.4 Å².